The lowest BCUT2D eigenvalue weighted by atomic mass is 10.1. The van der Waals surface area contributed by atoms with E-state index in [4.69, 9.17) is 4.98 Å². The number of fused-ring (bicyclic) bond motifs is 4. The molecular formula is C25H22N3+. The Balaban J connectivity index is 1.67. The molecule has 0 atom stereocenters. The van der Waals surface area contributed by atoms with E-state index in [1.807, 2.05) is 0 Å². The molecule has 3 heteroatoms. The van der Waals surface area contributed by atoms with Crippen molar-refractivity contribution in [1.82, 2.24) is 9.55 Å². The lowest BCUT2D eigenvalue weighted by Gasteiger charge is -2.04. The van der Waals surface area contributed by atoms with Crippen LogP contribution in [0.15, 0.2) is 66.9 Å². The van der Waals surface area contributed by atoms with E-state index in [1.165, 1.54) is 38.3 Å². The number of rotatable bonds is 2. The number of nitrogens with zero attached hydrogens (tertiary/aromatic N) is 3. The van der Waals surface area contributed by atoms with Gasteiger partial charge in [0.05, 0.1) is 22.3 Å². The van der Waals surface area contributed by atoms with Gasteiger partial charge >= 0.3 is 0 Å². The van der Waals surface area contributed by atoms with Crippen LogP contribution in [0.2, 0.25) is 0 Å². The minimum atomic E-state index is 0.985. The maximum atomic E-state index is 4.86. The highest BCUT2D eigenvalue weighted by Crippen LogP contribution is 2.30. The first-order chi connectivity index (χ1) is 13.6. The smallest absolute Gasteiger partial charge is 0.212 e. The summed E-state index contributed by atoms with van der Waals surface area (Å²) in [4.78, 5) is 4.86. The molecule has 0 bridgehead atoms. The van der Waals surface area contributed by atoms with E-state index in [2.05, 4.69) is 109 Å². The van der Waals surface area contributed by atoms with Crippen LogP contribution >= 0.6 is 0 Å². The summed E-state index contributed by atoms with van der Waals surface area (Å²) < 4.78 is 4.39. The second-order valence-electron chi connectivity index (χ2n) is 7.34. The van der Waals surface area contributed by atoms with E-state index in [1.54, 1.807) is 0 Å². The Morgan fingerprint density at radius 1 is 0.893 bits per heavy atom. The van der Waals surface area contributed by atoms with Gasteiger partial charge in [0.1, 0.15) is 7.05 Å². The lowest BCUT2D eigenvalue weighted by molar-refractivity contribution is -0.644. The molecule has 0 spiro atoms. The molecule has 0 saturated carbocycles. The second kappa shape index (κ2) is 6.31. The highest BCUT2D eigenvalue weighted by atomic mass is 15.0. The molecule has 3 heterocycles. The van der Waals surface area contributed by atoms with Crippen molar-refractivity contribution in [2.24, 2.45) is 14.1 Å². The Labute approximate surface area is 164 Å². The molecule has 0 radical (unpaired) electrons. The lowest BCUT2D eigenvalue weighted by Crippen LogP contribution is -2.27. The zero-order chi connectivity index (χ0) is 19.3. The van der Waals surface area contributed by atoms with Gasteiger partial charge in [0, 0.05) is 35.5 Å². The highest BCUT2D eigenvalue weighted by Gasteiger charge is 2.12. The predicted molar refractivity (Wildman–Crippen MR) is 117 cm³/mol. The first kappa shape index (κ1) is 16.7. The largest absolute Gasteiger partial charge is 0.342 e. The molecule has 0 aliphatic rings. The Morgan fingerprint density at radius 2 is 1.71 bits per heavy atom. The molecule has 0 amide bonds. The summed E-state index contributed by atoms with van der Waals surface area (Å²) in [6.45, 7) is 2.09. The molecule has 0 saturated heterocycles. The van der Waals surface area contributed by atoms with E-state index in [9.17, 15) is 0 Å². The molecule has 5 rings (SSSR count). The fraction of sp³-hybridized carbons (Fsp3) is 0.120. The molecule has 5 aromatic rings. The third-order valence-corrected chi connectivity index (χ3v) is 5.58. The van der Waals surface area contributed by atoms with Gasteiger partial charge in [-0.05, 0) is 36.8 Å². The summed E-state index contributed by atoms with van der Waals surface area (Å²) in [7, 11) is 4.19. The van der Waals surface area contributed by atoms with Crippen molar-refractivity contribution in [2.45, 2.75) is 6.92 Å². The molecule has 2 aromatic carbocycles. The van der Waals surface area contributed by atoms with Crippen molar-refractivity contribution in [3.05, 3.63) is 83.8 Å². The fourth-order valence-corrected chi connectivity index (χ4v) is 4.25. The first-order valence-corrected chi connectivity index (χ1v) is 9.54. The number of hydrogen-bond acceptors (Lipinski definition) is 1. The molecule has 28 heavy (non-hydrogen) atoms. The van der Waals surface area contributed by atoms with E-state index in [-0.39, 0.29) is 0 Å². The van der Waals surface area contributed by atoms with Crippen LogP contribution in [0.5, 0.6) is 0 Å². The van der Waals surface area contributed by atoms with Crippen molar-refractivity contribution < 1.29 is 4.57 Å². The molecule has 3 aromatic heterocycles. The molecule has 0 aliphatic heterocycles. The number of benzene rings is 2. The predicted octanol–water partition coefficient (Wildman–Crippen LogP) is 5.18. The van der Waals surface area contributed by atoms with Crippen LogP contribution in [0, 0.1) is 6.92 Å². The fourth-order valence-electron chi connectivity index (χ4n) is 4.25. The normalized spacial score (nSPS) is 12.0. The second-order valence-corrected chi connectivity index (χ2v) is 7.34. The summed E-state index contributed by atoms with van der Waals surface area (Å²) in [5.41, 5.74) is 6.91. The van der Waals surface area contributed by atoms with E-state index >= 15 is 0 Å². The van der Waals surface area contributed by atoms with Crippen LogP contribution in [0.25, 0.3) is 44.9 Å². The van der Waals surface area contributed by atoms with Crippen LogP contribution in [0.3, 0.4) is 0 Å². The summed E-state index contributed by atoms with van der Waals surface area (Å²) in [6.07, 6.45) is 6.37. The number of para-hydroxylation sites is 1. The third kappa shape index (κ3) is 2.51. The van der Waals surface area contributed by atoms with Gasteiger partial charge in [-0.2, -0.15) is 0 Å². The Morgan fingerprint density at radius 3 is 2.61 bits per heavy atom. The molecule has 0 aliphatic carbocycles. The maximum absolute atomic E-state index is 4.86. The zero-order valence-corrected chi connectivity index (χ0v) is 16.3. The average Bonchev–Trinajstić information content (AvgIpc) is 3.00. The quantitative estimate of drug-likeness (QED) is 0.395. The number of pyridine rings is 2. The molecule has 136 valence electrons. The highest BCUT2D eigenvalue weighted by molar-refractivity contribution is 6.09. The van der Waals surface area contributed by atoms with Gasteiger partial charge in [0.2, 0.25) is 5.52 Å². The van der Waals surface area contributed by atoms with Crippen LogP contribution in [-0.2, 0) is 14.1 Å². The SMILES string of the molecule is Cc1nc(/C=C/c2cccc3c2ccc[n+]3C)cc2c3ccccc3n(C)c12. The van der Waals surface area contributed by atoms with Crippen LogP contribution in [0.4, 0.5) is 0 Å². The molecule has 0 unspecified atom stereocenters. The minimum absolute atomic E-state index is 0.985. The van der Waals surface area contributed by atoms with E-state index in [0.717, 1.165) is 11.4 Å². The molecule has 0 N–H and O–H groups in total. The van der Waals surface area contributed by atoms with Crippen molar-refractivity contribution in [2.75, 3.05) is 0 Å². The molecule has 3 nitrogen and oxygen atoms in total. The van der Waals surface area contributed by atoms with Gasteiger partial charge in [-0.1, -0.05) is 36.4 Å². The number of aromatic nitrogens is 3. The molecular weight excluding hydrogens is 342 g/mol. The summed E-state index contributed by atoms with van der Waals surface area (Å²) in [5, 5.41) is 3.78. The minimum Gasteiger partial charge on any atom is -0.342 e. The standard InChI is InChI=1S/C25H22N3/c1-17-25-22(21-9-4-5-11-24(21)28(25)3)16-19(26-17)14-13-18-8-6-12-23-20(18)10-7-15-27(23)2/h4-16H,1-3H3/q+1. The van der Waals surface area contributed by atoms with E-state index < -0.39 is 0 Å². The van der Waals surface area contributed by atoms with E-state index in [0.29, 0.717) is 0 Å². The van der Waals surface area contributed by atoms with Crippen LogP contribution in [-0.4, -0.2) is 9.55 Å². The van der Waals surface area contributed by atoms with Crippen LogP contribution < -0.4 is 4.57 Å². The Hall–Kier alpha value is -3.46. The average molecular weight is 364 g/mol. The Bertz CT molecular complexity index is 1390. The van der Waals surface area contributed by atoms with Gasteiger partial charge in [0.25, 0.3) is 0 Å². The van der Waals surface area contributed by atoms with Crippen LogP contribution in [0.1, 0.15) is 17.0 Å². The first-order valence-electron chi connectivity index (χ1n) is 9.54. The van der Waals surface area contributed by atoms with Crippen molar-refractivity contribution in [1.29, 1.82) is 0 Å². The van der Waals surface area contributed by atoms with Crippen molar-refractivity contribution >= 4 is 44.9 Å². The number of hydrogen-bond donors (Lipinski definition) is 0. The van der Waals surface area contributed by atoms with Gasteiger partial charge in [-0.25, -0.2) is 4.57 Å². The van der Waals surface area contributed by atoms with Gasteiger partial charge in [0.15, 0.2) is 6.20 Å². The summed E-state index contributed by atoms with van der Waals surface area (Å²) in [6, 6.07) is 21.4. The third-order valence-electron chi connectivity index (χ3n) is 5.58. The topological polar surface area (TPSA) is 21.7 Å². The monoisotopic (exact) mass is 364 g/mol. The number of aryl methyl sites for hydroxylation is 3. The summed E-state index contributed by atoms with van der Waals surface area (Å²) >= 11 is 0. The molecule has 0 fully saturated rings. The Kier molecular flexibility index (Phi) is 3.76. The maximum Gasteiger partial charge on any atom is 0.212 e. The van der Waals surface area contributed by atoms with Gasteiger partial charge < -0.3 is 4.57 Å². The van der Waals surface area contributed by atoms with Crippen molar-refractivity contribution in [3.63, 3.8) is 0 Å². The van der Waals surface area contributed by atoms with Crippen molar-refractivity contribution in [3.8, 4) is 0 Å². The summed E-state index contributed by atoms with van der Waals surface area (Å²) in [5.74, 6) is 0. The van der Waals surface area contributed by atoms with Gasteiger partial charge in [-0.3, -0.25) is 4.98 Å². The zero-order valence-electron chi connectivity index (χ0n) is 16.3. The van der Waals surface area contributed by atoms with Gasteiger partial charge in [-0.15, -0.1) is 0 Å².